The molecule has 4 nitrogen and oxygen atoms in total. The largest absolute Gasteiger partial charge is 0.668 e. The molecule has 19 heavy (non-hydrogen) atoms. The van der Waals surface area contributed by atoms with E-state index in [-0.39, 0.29) is 11.1 Å². The SMILES string of the molecule is CCC(C)(C)[N]=[Mo+2]=[N]C(C)(C)CC.C[N-]C.C[N-]C. The van der Waals surface area contributed by atoms with E-state index in [1.165, 1.54) is 0 Å². The fourth-order valence-electron chi connectivity index (χ4n) is 0.371. The second-order valence-corrected chi connectivity index (χ2v) is 6.79. The van der Waals surface area contributed by atoms with Crippen LogP contribution in [0.4, 0.5) is 0 Å². The molecule has 0 aromatic carbocycles. The maximum Gasteiger partial charge on any atom is -0.162 e. The van der Waals surface area contributed by atoms with Gasteiger partial charge in [-0.05, 0) is 0 Å². The first kappa shape index (κ1) is 24.2. The molecule has 116 valence electrons. The molecule has 0 atom stereocenters. The molecule has 0 saturated heterocycles. The molecule has 0 aliphatic carbocycles. The van der Waals surface area contributed by atoms with Crippen molar-refractivity contribution in [3.05, 3.63) is 10.6 Å². The maximum absolute atomic E-state index is 4.67. The molecule has 0 radical (unpaired) electrons. The molecule has 5 heteroatoms. The van der Waals surface area contributed by atoms with Gasteiger partial charge in [-0.15, -0.1) is 0 Å². The number of nitrogens with zero attached hydrogens (tertiary/aromatic N) is 4. The quantitative estimate of drug-likeness (QED) is 0.634. The van der Waals surface area contributed by atoms with Gasteiger partial charge in [-0.25, -0.2) is 0 Å². The van der Waals surface area contributed by atoms with Crippen LogP contribution in [-0.4, -0.2) is 39.3 Å². The Morgan fingerprint density at radius 2 is 0.947 bits per heavy atom. The summed E-state index contributed by atoms with van der Waals surface area (Å²) in [5.41, 5.74) is 0.297. The van der Waals surface area contributed by atoms with E-state index < -0.39 is 18.2 Å². The fourth-order valence-corrected chi connectivity index (χ4v) is 2.19. The van der Waals surface area contributed by atoms with Crippen LogP contribution >= 0.6 is 0 Å². The van der Waals surface area contributed by atoms with Gasteiger partial charge in [0, 0.05) is 0 Å². The summed E-state index contributed by atoms with van der Waals surface area (Å²) in [6.07, 6.45) is 2.22. The fraction of sp³-hybridized carbons (Fsp3) is 1.00. The summed E-state index contributed by atoms with van der Waals surface area (Å²) >= 11 is -0.492. The van der Waals surface area contributed by atoms with E-state index in [1.807, 2.05) is 0 Å². The van der Waals surface area contributed by atoms with Crippen LogP contribution in [0.15, 0.2) is 6.99 Å². The standard InChI is InChI=1S/2C5H11N.2C2H6N.Mo/c2*1-4-5(2,3)6;2*1-3-2;/h2*4H2,1-3H3;2*1-2H3;/q;;2*-1;+2. The van der Waals surface area contributed by atoms with Crippen molar-refractivity contribution < 1.29 is 18.2 Å². The molecule has 0 bridgehead atoms. The van der Waals surface area contributed by atoms with Gasteiger partial charge in [-0.1, -0.05) is 0 Å². The Labute approximate surface area is 129 Å². The molecule has 0 amide bonds. The van der Waals surface area contributed by atoms with Gasteiger partial charge in [0.2, 0.25) is 0 Å². The third-order valence-corrected chi connectivity index (χ3v) is 5.14. The van der Waals surface area contributed by atoms with Crippen LogP contribution in [0.3, 0.4) is 0 Å². The number of hydrogen-bond donors (Lipinski definition) is 0. The van der Waals surface area contributed by atoms with Crippen LogP contribution in [0.25, 0.3) is 10.6 Å². The van der Waals surface area contributed by atoms with Gasteiger partial charge in [0.1, 0.15) is 0 Å². The Morgan fingerprint density at radius 1 is 0.737 bits per heavy atom. The van der Waals surface area contributed by atoms with E-state index in [2.05, 4.69) is 59.2 Å². The van der Waals surface area contributed by atoms with Gasteiger partial charge < -0.3 is 10.6 Å². The average Bonchev–Trinajstić information content (AvgIpc) is 2.31. The van der Waals surface area contributed by atoms with E-state index in [4.69, 9.17) is 0 Å². The summed E-state index contributed by atoms with van der Waals surface area (Å²) in [6, 6.07) is 0. The average molecular weight is 354 g/mol. The van der Waals surface area contributed by atoms with Gasteiger partial charge in [-0.2, -0.15) is 28.2 Å². The predicted octanol–water partition coefficient (Wildman–Crippen LogP) is 5.05. The number of hydrogen-bond acceptors (Lipinski definition) is 2. The summed E-state index contributed by atoms with van der Waals surface area (Å²) in [6.45, 7) is 13.1. The first-order valence-corrected chi connectivity index (χ1v) is 8.52. The minimum absolute atomic E-state index is 0.148. The van der Waals surface area contributed by atoms with E-state index in [9.17, 15) is 0 Å². The van der Waals surface area contributed by atoms with Crippen LogP contribution in [0.2, 0.25) is 0 Å². The van der Waals surface area contributed by atoms with Crippen molar-refractivity contribution in [1.82, 2.24) is 0 Å². The van der Waals surface area contributed by atoms with Gasteiger partial charge in [0.15, 0.2) is 0 Å². The summed E-state index contributed by atoms with van der Waals surface area (Å²) < 4.78 is 9.34. The Balaban J connectivity index is -0.000000360. The zero-order chi connectivity index (χ0) is 15.9. The first-order valence-electron chi connectivity index (χ1n) is 6.72. The maximum atomic E-state index is 4.67. The zero-order valence-corrected chi connectivity index (χ0v) is 16.6. The van der Waals surface area contributed by atoms with Crippen LogP contribution < -0.4 is 0 Å². The molecule has 0 N–H and O–H groups in total. The molecule has 0 spiro atoms. The van der Waals surface area contributed by atoms with E-state index in [1.54, 1.807) is 28.2 Å². The minimum atomic E-state index is -0.492. The van der Waals surface area contributed by atoms with E-state index in [0.29, 0.717) is 0 Å². The third-order valence-electron chi connectivity index (χ3n) is 2.31. The molecular formula is C14H34MoN4. The normalized spacial score (nSPS) is 10.2. The van der Waals surface area contributed by atoms with Crippen molar-refractivity contribution >= 4 is 0 Å². The van der Waals surface area contributed by atoms with Crippen molar-refractivity contribution in [1.29, 1.82) is 0 Å². The Bertz CT molecular complexity index is 222. The minimum Gasteiger partial charge on any atom is -0.668 e. The van der Waals surface area contributed by atoms with Gasteiger partial charge in [0.25, 0.3) is 0 Å². The summed E-state index contributed by atoms with van der Waals surface area (Å²) in [7, 11) is 7.00. The summed E-state index contributed by atoms with van der Waals surface area (Å²) in [4.78, 5) is 0. The molecular weight excluding hydrogens is 320 g/mol. The van der Waals surface area contributed by atoms with Crippen LogP contribution in [0, 0.1) is 0 Å². The topological polar surface area (TPSA) is 52.9 Å². The Morgan fingerprint density at radius 3 is 1.11 bits per heavy atom. The Kier molecular flexibility index (Phi) is 18.6. The molecule has 0 fully saturated rings. The first-order chi connectivity index (χ1) is 8.66. The van der Waals surface area contributed by atoms with Crippen LogP contribution in [0.5, 0.6) is 0 Å². The van der Waals surface area contributed by atoms with Crippen molar-refractivity contribution in [3.8, 4) is 0 Å². The number of rotatable bonds is 4. The van der Waals surface area contributed by atoms with E-state index in [0.717, 1.165) is 12.8 Å². The van der Waals surface area contributed by atoms with Gasteiger partial charge in [-0.3, -0.25) is 0 Å². The smallest absolute Gasteiger partial charge is 0.162 e. The van der Waals surface area contributed by atoms with E-state index >= 15 is 0 Å². The van der Waals surface area contributed by atoms with Crippen molar-refractivity contribution in [2.24, 2.45) is 6.99 Å². The molecule has 0 aromatic heterocycles. The zero-order valence-electron chi connectivity index (χ0n) is 14.6. The summed E-state index contributed by atoms with van der Waals surface area (Å²) in [5.74, 6) is 0. The molecule has 0 aliphatic heterocycles. The molecule has 0 rings (SSSR count). The van der Waals surface area contributed by atoms with Crippen LogP contribution in [-0.2, 0) is 18.2 Å². The Hall–Kier alpha value is 0.208. The van der Waals surface area contributed by atoms with Gasteiger partial charge >= 0.3 is 90.7 Å². The van der Waals surface area contributed by atoms with Crippen LogP contribution in [0.1, 0.15) is 54.4 Å². The molecule has 0 aliphatic rings. The molecule has 0 aromatic rings. The second-order valence-electron chi connectivity index (χ2n) is 5.49. The summed E-state index contributed by atoms with van der Waals surface area (Å²) in [5, 5.41) is 7.00. The second kappa shape index (κ2) is 14.6. The van der Waals surface area contributed by atoms with Gasteiger partial charge in [0.05, 0.1) is 0 Å². The molecule has 0 saturated carbocycles. The van der Waals surface area contributed by atoms with Crippen molar-refractivity contribution in [3.63, 3.8) is 0 Å². The van der Waals surface area contributed by atoms with Crippen molar-refractivity contribution in [2.75, 3.05) is 28.2 Å². The predicted molar refractivity (Wildman–Crippen MR) is 84.0 cm³/mol. The molecule has 0 unspecified atom stereocenters. The third kappa shape index (κ3) is 23.7. The monoisotopic (exact) mass is 356 g/mol. The van der Waals surface area contributed by atoms with Crippen molar-refractivity contribution in [2.45, 2.75) is 65.5 Å². The molecule has 0 heterocycles.